The second-order valence-electron chi connectivity index (χ2n) is 11.3. The number of aryl methyl sites for hydroxylation is 1. The third-order valence-electron chi connectivity index (χ3n) is 8.01. The molecule has 0 bridgehead atoms. The Bertz CT molecular complexity index is 1510. The molecule has 3 aromatic rings. The van der Waals surface area contributed by atoms with E-state index >= 15 is 0 Å². The zero-order chi connectivity index (χ0) is 27.8. The molecule has 0 aromatic heterocycles. The third kappa shape index (κ3) is 5.57. The molecule has 2 atom stereocenters. The molecule has 0 saturated carbocycles. The number of hydrogen-bond donors (Lipinski definition) is 3. The molecule has 2 amide bonds. The normalized spacial score (nSPS) is 21.2. The first-order valence-electron chi connectivity index (χ1n) is 13.5. The van der Waals surface area contributed by atoms with Gasteiger partial charge in [0.05, 0.1) is 10.9 Å². The van der Waals surface area contributed by atoms with Crippen molar-refractivity contribution in [3.05, 3.63) is 71.8 Å². The van der Waals surface area contributed by atoms with Crippen LogP contribution in [0.2, 0.25) is 0 Å². The van der Waals surface area contributed by atoms with E-state index in [1.807, 2.05) is 49.9 Å². The predicted octanol–water partition coefficient (Wildman–Crippen LogP) is 4.06. The van der Waals surface area contributed by atoms with Crippen LogP contribution in [0.4, 0.5) is 5.69 Å². The Morgan fingerprint density at radius 3 is 2.44 bits per heavy atom. The number of benzene rings is 3. The summed E-state index contributed by atoms with van der Waals surface area (Å²) in [6.07, 6.45) is 2.38. The van der Waals surface area contributed by atoms with E-state index in [0.29, 0.717) is 41.5 Å². The topological polar surface area (TPSA) is 108 Å². The highest BCUT2D eigenvalue weighted by molar-refractivity contribution is 7.89. The highest BCUT2D eigenvalue weighted by Crippen LogP contribution is 2.34. The molecule has 39 heavy (non-hydrogen) atoms. The van der Waals surface area contributed by atoms with E-state index in [4.69, 9.17) is 0 Å². The summed E-state index contributed by atoms with van der Waals surface area (Å²) in [6.45, 7) is 7.74. The number of carbonyl (C=O) groups is 2. The molecule has 206 valence electrons. The van der Waals surface area contributed by atoms with Crippen LogP contribution in [0.1, 0.15) is 49.0 Å². The smallest absolute Gasteiger partial charge is 0.255 e. The minimum atomic E-state index is -3.89. The lowest BCUT2D eigenvalue weighted by atomic mass is 9.79. The Kier molecular flexibility index (Phi) is 7.50. The Morgan fingerprint density at radius 1 is 0.974 bits per heavy atom. The fourth-order valence-electron chi connectivity index (χ4n) is 5.77. The van der Waals surface area contributed by atoms with Crippen LogP contribution in [-0.4, -0.2) is 56.9 Å². The Balaban J connectivity index is 1.37. The monoisotopic (exact) mass is 548 g/mol. The van der Waals surface area contributed by atoms with Gasteiger partial charge in [-0.05, 0) is 61.9 Å². The Morgan fingerprint density at radius 2 is 1.72 bits per heavy atom. The van der Waals surface area contributed by atoms with Crippen LogP contribution in [0.5, 0.6) is 0 Å². The minimum absolute atomic E-state index is 0.108. The van der Waals surface area contributed by atoms with E-state index in [0.717, 1.165) is 24.9 Å². The largest absolute Gasteiger partial charge is 0.341 e. The van der Waals surface area contributed by atoms with Crippen molar-refractivity contribution in [2.45, 2.75) is 57.0 Å². The first-order chi connectivity index (χ1) is 18.6. The number of anilines is 1. The number of hydrogen-bond acceptors (Lipinski definition) is 5. The van der Waals surface area contributed by atoms with Gasteiger partial charge in [0.2, 0.25) is 15.9 Å². The number of carbonyl (C=O) groups excluding carboxylic acids is 2. The van der Waals surface area contributed by atoms with Crippen molar-refractivity contribution in [3.8, 4) is 0 Å². The summed E-state index contributed by atoms with van der Waals surface area (Å²) in [5.74, 6) is -0.140. The van der Waals surface area contributed by atoms with Crippen LogP contribution in [0.3, 0.4) is 0 Å². The van der Waals surface area contributed by atoms with Gasteiger partial charge in [-0.1, -0.05) is 56.3 Å². The maximum Gasteiger partial charge on any atom is 0.255 e. The van der Waals surface area contributed by atoms with Crippen molar-refractivity contribution in [2.24, 2.45) is 5.41 Å². The van der Waals surface area contributed by atoms with Gasteiger partial charge < -0.3 is 15.5 Å². The van der Waals surface area contributed by atoms with Gasteiger partial charge in [-0.3, -0.25) is 9.59 Å². The van der Waals surface area contributed by atoms with Crippen LogP contribution < -0.4 is 15.4 Å². The molecule has 1 unspecified atom stereocenters. The lowest BCUT2D eigenvalue weighted by Crippen LogP contribution is -2.58. The third-order valence-corrected chi connectivity index (χ3v) is 9.54. The average molecular weight is 549 g/mol. The van der Waals surface area contributed by atoms with Gasteiger partial charge >= 0.3 is 0 Å². The minimum Gasteiger partial charge on any atom is -0.341 e. The van der Waals surface area contributed by atoms with Crippen molar-refractivity contribution in [1.82, 2.24) is 14.9 Å². The highest BCUT2D eigenvalue weighted by atomic mass is 32.2. The number of likely N-dealkylation sites (tertiary alicyclic amines) is 1. The van der Waals surface area contributed by atoms with Crippen LogP contribution in [-0.2, 0) is 14.8 Å². The fraction of sp³-hybridized carbons (Fsp3) is 0.400. The maximum atomic E-state index is 13.7. The molecular formula is C30H36N4O4S. The van der Waals surface area contributed by atoms with Crippen molar-refractivity contribution in [2.75, 3.05) is 25.0 Å². The van der Waals surface area contributed by atoms with Crippen LogP contribution >= 0.6 is 0 Å². The van der Waals surface area contributed by atoms with Crippen LogP contribution in [0, 0.1) is 12.3 Å². The maximum absolute atomic E-state index is 13.7. The summed E-state index contributed by atoms with van der Waals surface area (Å²) in [5, 5.41) is 7.40. The second-order valence-corrected chi connectivity index (χ2v) is 13.0. The molecule has 2 aliphatic heterocycles. The summed E-state index contributed by atoms with van der Waals surface area (Å²) in [5.41, 5.74) is 1.52. The van der Waals surface area contributed by atoms with E-state index < -0.39 is 15.4 Å². The lowest BCUT2D eigenvalue weighted by molar-refractivity contribution is -0.136. The number of nitrogens with zero attached hydrogens (tertiary/aromatic N) is 1. The van der Waals surface area contributed by atoms with Crippen molar-refractivity contribution in [3.63, 3.8) is 0 Å². The first-order valence-corrected chi connectivity index (χ1v) is 15.0. The standard InChI is InChI=1S/C30H36N4O4S/c1-20-9-4-5-10-21(20)28(35)32-24-13-6-12-23-22(24)11-7-15-26(23)39(37,38)33-27-16-18-34(19-30(27,2)3)29(36)25-14-8-17-31-25/h4-7,9-13,15,25,27,31,33H,8,14,16-19H2,1-3H3,(H,32,35)/t25-,27?/m0/s1. The molecule has 3 N–H and O–H groups in total. The van der Waals surface area contributed by atoms with E-state index in [2.05, 4.69) is 15.4 Å². The lowest BCUT2D eigenvalue weighted by Gasteiger charge is -2.45. The first kappa shape index (κ1) is 27.3. The molecule has 2 saturated heterocycles. The molecule has 9 heteroatoms. The molecule has 0 radical (unpaired) electrons. The molecule has 2 aliphatic rings. The van der Waals surface area contributed by atoms with Gasteiger partial charge in [0.25, 0.3) is 5.91 Å². The molecule has 0 aliphatic carbocycles. The van der Waals surface area contributed by atoms with Gasteiger partial charge in [-0.15, -0.1) is 0 Å². The molecular weight excluding hydrogens is 512 g/mol. The van der Waals surface area contributed by atoms with Gasteiger partial charge in [0.1, 0.15) is 0 Å². The second kappa shape index (κ2) is 10.7. The highest BCUT2D eigenvalue weighted by Gasteiger charge is 2.41. The van der Waals surface area contributed by atoms with Crippen molar-refractivity contribution in [1.29, 1.82) is 0 Å². The van der Waals surface area contributed by atoms with Gasteiger partial charge in [-0.2, -0.15) is 0 Å². The summed E-state index contributed by atoms with van der Waals surface area (Å²) in [7, 11) is -3.89. The number of rotatable bonds is 6. The summed E-state index contributed by atoms with van der Waals surface area (Å²) in [6, 6.07) is 17.3. The number of amides is 2. The van der Waals surface area contributed by atoms with Gasteiger partial charge in [-0.25, -0.2) is 13.1 Å². The van der Waals surface area contributed by atoms with E-state index in [9.17, 15) is 18.0 Å². The zero-order valence-electron chi connectivity index (χ0n) is 22.7. The summed E-state index contributed by atoms with van der Waals surface area (Å²) >= 11 is 0. The Labute approximate surface area is 230 Å². The van der Waals surface area contributed by atoms with Crippen molar-refractivity contribution < 1.29 is 18.0 Å². The molecule has 2 fully saturated rings. The van der Waals surface area contributed by atoms with Gasteiger partial charge in [0, 0.05) is 41.2 Å². The van der Waals surface area contributed by atoms with E-state index in [-0.39, 0.29) is 28.8 Å². The van der Waals surface area contributed by atoms with E-state index in [1.54, 1.807) is 36.4 Å². The van der Waals surface area contributed by atoms with Gasteiger partial charge in [0.15, 0.2) is 0 Å². The molecule has 3 aromatic carbocycles. The van der Waals surface area contributed by atoms with Crippen LogP contribution in [0.15, 0.2) is 65.6 Å². The Hall–Kier alpha value is -3.27. The van der Waals surface area contributed by atoms with Crippen molar-refractivity contribution >= 4 is 38.3 Å². The fourth-order valence-corrected chi connectivity index (χ4v) is 7.44. The van der Waals surface area contributed by atoms with Crippen LogP contribution in [0.25, 0.3) is 10.8 Å². The number of sulfonamides is 1. The zero-order valence-corrected chi connectivity index (χ0v) is 23.5. The molecule has 5 rings (SSSR count). The van der Waals surface area contributed by atoms with E-state index in [1.165, 1.54) is 0 Å². The molecule has 0 spiro atoms. The average Bonchev–Trinajstić information content (AvgIpc) is 3.44. The summed E-state index contributed by atoms with van der Waals surface area (Å²) in [4.78, 5) is 28.0. The number of piperidine rings is 1. The quantitative estimate of drug-likeness (QED) is 0.431. The molecule has 8 nitrogen and oxygen atoms in total. The number of fused-ring (bicyclic) bond motifs is 1. The number of nitrogens with one attached hydrogen (secondary N) is 3. The molecule has 2 heterocycles. The predicted molar refractivity (Wildman–Crippen MR) is 153 cm³/mol. The summed E-state index contributed by atoms with van der Waals surface area (Å²) < 4.78 is 30.4. The SMILES string of the molecule is Cc1ccccc1C(=O)Nc1cccc2c(S(=O)(=O)NC3CCN(C(=O)[C@@H]4CCCN4)CC3(C)C)cccc12.